The average Bonchev–Trinajstić information content (AvgIpc) is 2.53. The summed E-state index contributed by atoms with van der Waals surface area (Å²) in [5, 5.41) is 3.15. The van der Waals surface area contributed by atoms with Gasteiger partial charge in [-0.15, -0.1) is 11.8 Å². The lowest BCUT2D eigenvalue weighted by Gasteiger charge is -2.31. The van der Waals surface area contributed by atoms with E-state index >= 15 is 0 Å². The van der Waals surface area contributed by atoms with Gasteiger partial charge in [-0.2, -0.15) is 0 Å². The molecule has 2 unspecified atom stereocenters. The van der Waals surface area contributed by atoms with Gasteiger partial charge in [0.1, 0.15) is 5.75 Å². The quantitative estimate of drug-likeness (QED) is 0.792. The fourth-order valence-corrected chi connectivity index (χ4v) is 3.52. The highest BCUT2D eigenvalue weighted by Crippen LogP contribution is 2.25. The van der Waals surface area contributed by atoms with Gasteiger partial charge in [0, 0.05) is 10.9 Å². The molecule has 2 atom stereocenters. The van der Waals surface area contributed by atoms with Gasteiger partial charge in [0.15, 0.2) is 0 Å². The molecule has 0 aromatic heterocycles. The van der Waals surface area contributed by atoms with Crippen LogP contribution in [0.3, 0.4) is 0 Å². The van der Waals surface area contributed by atoms with E-state index in [4.69, 9.17) is 10.5 Å². The molecule has 0 bridgehead atoms. The molecule has 0 heterocycles. The molecule has 1 aromatic rings. The van der Waals surface area contributed by atoms with E-state index in [1.807, 2.05) is 24.3 Å². The van der Waals surface area contributed by atoms with E-state index in [9.17, 15) is 4.79 Å². The Morgan fingerprint density at radius 3 is 3.00 bits per heavy atom. The van der Waals surface area contributed by atoms with Crippen molar-refractivity contribution in [3.63, 3.8) is 0 Å². The highest BCUT2D eigenvalue weighted by Gasteiger charge is 2.25. The van der Waals surface area contributed by atoms with E-state index in [1.54, 1.807) is 7.11 Å². The van der Waals surface area contributed by atoms with Crippen molar-refractivity contribution in [2.75, 3.05) is 19.4 Å². The van der Waals surface area contributed by atoms with E-state index in [0.717, 1.165) is 23.5 Å². The number of methoxy groups -OCH3 is 1. The summed E-state index contributed by atoms with van der Waals surface area (Å²) >= 11 is 1.53. The number of nitrogens with one attached hydrogen (secondary N) is 1. The first kappa shape index (κ1) is 16.2. The van der Waals surface area contributed by atoms with E-state index in [0.29, 0.717) is 18.2 Å². The van der Waals surface area contributed by atoms with Crippen LogP contribution in [0.25, 0.3) is 0 Å². The fraction of sp³-hybridized carbons (Fsp3) is 0.562. The molecule has 1 amide bonds. The predicted octanol–water partition coefficient (Wildman–Crippen LogP) is 2.42. The van der Waals surface area contributed by atoms with Crippen molar-refractivity contribution in [2.24, 2.45) is 11.7 Å². The van der Waals surface area contributed by atoms with Gasteiger partial charge in [-0.3, -0.25) is 4.79 Å². The third-order valence-corrected chi connectivity index (χ3v) is 4.96. The Hall–Kier alpha value is -1.20. The molecule has 1 aliphatic rings. The summed E-state index contributed by atoms with van der Waals surface area (Å²) in [4.78, 5) is 13.1. The highest BCUT2D eigenvalue weighted by atomic mass is 32.2. The van der Waals surface area contributed by atoms with E-state index < -0.39 is 0 Å². The van der Waals surface area contributed by atoms with Crippen molar-refractivity contribution in [1.82, 2.24) is 5.32 Å². The van der Waals surface area contributed by atoms with E-state index in [1.165, 1.54) is 24.6 Å². The van der Waals surface area contributed by atoms with E-state index in [2.05, 4.69) is 5.32 Å². The average molecular weight is 308 g/mol. The van der Waals surface area contributed by atoms with Crippen molar-refractivity contribution in [2.45, 2.75) is 36.6 Å². The topological polar surface area (TPSA) is 64.3 Å². The number of nitrogens with two attached hydrogens (primary N) is 1. The maximum Gasteiger partial charge on any atom is 0.230 e. The summed E-state index contributed by atoms with van der Waals surface area (Å²) < 4.78 is 5.18. The molecule has 1 saturated carbocycles. The Morgan fingerprint density at radius 2 is 2.24 bits per heavy atom. The number of amides is 1. The number of thioether (sulfide) groups is 1. The zero-order valence-corrected chi connectivity index (χ0v) is 13.3. The van der Waals surface area contributed by atoms with Crippen LogP contribution in [0.15, 0.2) is 29.2 Å². The molecule has 0 aliphatic heterocycles. The fourth-order valence-electron chi connectivity index (χ4n) is 2.77. The molecule has 3 N–H and O–H groups in total. The van der Waals surface area contributed by atoms with Gasteiger partial charge in [-0.25, -0.2) is 0 Å². The summed E-state index contributed by atoms with van der Waals surface area (Å²) in [6.07, 6.45) is 4.60. The number of carbonyl (C=O) groups excluding carboxylic acids is 1. The van der Waals surface area contributed by atoms with Crippen LogP contribution in [0, 0.1) is 5.92 Å². The molecule has 4 nitrogen and oxygen atoms in total. The molecule has 1 fully saturated rings. The second kappa shape index (κ2) is 8.29. The summed E-state index contributed by atoms with van der Waals surface area (Å²) in [7, 11) is 1.65. The highest BCUT2D eigenvalue weighted by molar-refractivity contribution is 8.00. The molecule has 1 aromatic carbocycles. The van der Waals surface area contributed by atoms with Gasteiger partial charge < -0.3 is 15.8 Å². The second-order valence-corrected chi connectivity index (χ2v) is 6.47. The van der Waals surface area contributed by atoms with Gasteiger partial charge in [0.05, 0.1) is 12.9 Å². The summed E-state index contributed by atoms with van der Waals surface area (Å²) in [5.74, 6) is 1.77. The van der Waals surface area contributed by atoms with Gasteiger partial charge in [-0.05, 0) is 43.5 Å². The van der Waals surface area contributed by atoms with Crippen LogP contribution in [0.1, 0.15) is 25.7 Å². The Kier molecular flexibility index (Phi) is 6.39. The second-order valence-electron chi connectivity index (χ2n) is 5.42. The molecule has 2 rings (SSSR count). The normalized spacial score (nSPS) is 21.8. The van der Waals surface area contributed by atoms with Gasteiger partial charge in [0.2, 0.25) is 5.91 Å². The van der Waals surface area contributed by atoms with Crippen molar-refractivity contribution < 1.29 is 9.53 Å². The van der Waals surface area contributed by atoms with Crippen LogP contribution in [0.5, 0.6) is 5.75 Å². The zero-order valence-electron chi connectivity index (χ0n) is 12.5. The molecular formula is C16H24N2O2S. The zero-order chi connectivity index (χ0) is 15.1. The smallest absolute Gasteiger partial charge is 0.230 e. The van der Waals surface area contributed by atoms with E-state index in [-0.39, 0.29) is 11.9 Å². The van der Waals surface area contributed by atoms with Crippen LogP contribution in [-0.4, -0.2) is 31.4 Å². The Balaban J connectivity index is 1.81. The lowest BCUT2D eigenvalue weighted by atomic mass is 9.84. The lowest BCUT2D eigenvalue weighted by molar-refractivity contribution is -0.119. The predicted molar refractivity (Wildman–Crippen MR) is 86.7 cm³/mol. The number of hydrogen-bond acceptors (Lipinski definition) is 4. The number of carbonyl (C=O) groups is 1. The summed E-state index contributed by atoms with van der Waals surface area (Å²) in [6.45, 7) is 0.661. The minimum absolute atomic E-state index is 0.0909. The molecule has 0 spiro atoms. The summed E-state index contributed by atoms with van der Waals surface area (Å²) in [5.41, 5.74) is 5.80. The van der Waals surface area contributed by atoms with Crippen molar-refractivity contribution in [1.29, 1.82) is 0 Å². The Labute approximate surface area is 130 Å². The first-order chi connectivity index (χ1) is 10.2. The molecule has 21 heavy (non-hydrogen) atoms. The van der Waals surface area contributed by atoms with Crippen molar-refractivity contribution in [3.8, 4) is 5.75 Å². The van der Waals surface area contributed by atoms with Crippen molar-refractivity contribution >= 4 is 17.7 Å². The molecule has 0 radical (unpaired) electrons. The SMILES string of the molecule is COc1cccc(SCC(=O)NC2CCCCC2CN)c1. The first-order valence-electron chi connectivity index (χ1n) is 7.49. The van der Waals surface area contributed by atoms with Crippen LogP contribution >= 0.6 is 11.8 Å². The summed E-state index contributed by atoms with van der Waals surface area (Å²) in [6, 6.07) is 8.02. The number of ether oxygens (including phenoxy) is 1. The van der Waals surface area contributed by atoms with Crippen molar-refractivity contribution in [3.05, 3.63) is 24.3 Å². The maximum atomic E-state index is 12.1. The molecule has 116 valence electrons. The monoisotopic (exact) mass is 308 g/mol. The van der Waals surface area contributed by atoms with Gasteiger partial charge in [-0.1, -0.05) is 18.9 Å². The third kappa shape index (κ3) is 4.93. The minimum Gasteiger partial charge on any atom is -0.497 e. The third-order valence-electron chi connectivity index (χ3n) is 3.97. The van der Waals surface area contributed by atoms with Gasteiger partial charge >= 0.3 is 0 Å². The Bertz CT molecular complexity index is 467. The largest absolute Gasteiger partial charge is 0.497 e. The maximum absolute atomic E-state index is 12.1. The first-order valence-corrected chi connectivity index (χ1v) is 8.47. The van der Waals surface area contributed by atoms with Gasteiger partial charge in [0.25, 0.3) is 0 Å². The lowest BCUT2D eigenvalue weighted by Crippen LogP contribution is -2.45. The number of benzene rings is 1. The van der Waals surface area contributed by atoms with Crippen LogP contribution < -0.4 is 15.8 Å². The van der Waals surface area contributed by atoms with Crippen LogP contribution in [0.2, 0.25) is 0 Å². The minimum atomic E-state index is 0.0909. The molecule has 0 saturated heterocycles. The Morgan fingerprint density at radius 1 is 1.43 bits per heavy atom. The van der Waals surface area contributed by atoms with Crippen LogP contribution in [0.4, 0.5) is 0 Å². The molecule has 1 aliphatic carbocycles. The number of hydrogen-bond donors (Lipinski definition) is 2. The molecule has 5 heteroatoms. The number of rotatable bonds is 6. The molecular weight excluding hydrogens is 284 g/mol. The van der Waals surface area contributed by atoms with Crippen LogP contribution in [-0.2, 0) is 4.79 Å². The standard InChI is InChI=1S/C16H24N2O2S/c1-20-13-6-4-7-14(9-13)21-11-16(19)18-15-8-3-2-5-12(15)10-17/h4,6-7,9,12,15H,2-3,5,8,10-11,17H2,1H3,(H,18,19).